The minimum Gasteiger partial charge on any atom is -0.481 e. The number of likely N-dealkylation sites (tertiary alicyclic amines) is 1. The Labute approximate surface area is 330 Å². The van der Waals surface area contributed by atoms with Crippen LogP contribution < -0.4 is 5.32 Å². The summed E-state index contributed by atoms with van der Waals surface area (Å²) in [7, 11) is 0. The van der Waals surface area contributed by atoms with Gasteiger partial charge in [-0.1, -0.05) is 58.9 Å². The largest absolute Gasteiger partial charge is 0.481 e. The smallest absolute Gasteiger partial charge is 0.317 e. The summed E-state index contributed by atoms with van der Waals surface area (Å²) in [4.78, 5) is 38.8. The van der Waals surface area contributed by atoms with Crippen LogP contribution in [0.25, 0.3) is 0 Å². The first-order chi connectivity index (χ1) is 25.8. The highest BCUT2D eigenvalue weighted by molar-refractivity contribution is 6.02. The number of fused-ring (bicyclic) bond motifs is 7. The molecule has 1 heterocycles. The average Bonchev–Trinajstić information content (AvgIpc) is 3.52. The molecular formula is C47H71FN2O5. The molecule has 8 heteroatoms. The second kappa shape index (κ2) is 13.9. The Kier molecular flexibility index (Phi) is 10.3. The van der Waals surface area contributed by atoms with Gasteiger partial charge in [-0.15, -0.1) is 0 Å². The van der Waals surface area contributed by atoms with Gasteiger partial charge in [0.2, 0.25) is 0 Å². The lowest BCUT2D eigenvalue weighted by Crippen LogP contribution is -2.68. The summed E-state index contributed by atoms with van der Waals surface area (Å²) in [6.45, 7) is 23.4. The topological polar surface area (TPSA) is 107 Å². The molecule has 306 valence electrons. The number of halogens is 1. The third kappa shape index (κ3) is 5.93. The lowest BCUT2D eigenvalue weighted by molar-refractivity contribution is -0.221. The summed E-state index contributed by atoms with van der Waals surface area (Å²) < 4.78 is 14.0. The van der Waals surface area contributed by atoms with E-state index in [1.54, 1.807) is 0 Å². The first-order valence-corrected chi connectivity index (χ1v) is 21.8. The number of alkyl halides is 1. The van der Waals surface area contributed by atoms with Gasteiger partial charge >= 0.3 is 11.9 Å². The van der Waals surface area contributed by atoms with Gasteiger partial charge in [-0.3, -0.25) is 14.4 Å². The molecule has 0 unspecified atom stereocenters. The minimum absolute atomic E-state index is 0.0332. The van der Waals surface area contributed by atoms with Crippen LogP contribution in [-0.4, -0.2) is 71.2 Å². The number of nitrogens with one attached hydrogen (secondary N) is 1. The van der Waals surface area contributed by atoms with Crippen molar-refractivity contribution in [2.45, 2.75) is 144 Å². The van der Waals surface area contributed by atoms with E-state index in [1.165, 1.54) is 75.0 Å². The first-order valence-electron chi connectivity index (χ1n) is 21.8. The van der Waals surface area contributed by atoms with Gasteiger partial charge in [0.05, 0.1) is 5.41 Å². The molecule has 3 N–H and O–H groups in total. The van der Waals surface area contributed by atoms with E-state index < -0.39 is 29.4 Å². The van der Waals surface area contributed by atoms with Crippen molar-refractivity contribution in [3.8, 4) is 0 Å². The first kappa shape index (κ1) is 40.9. The Morgan fingerprint density at radius 3 is 2.13 bits per heavy atom. The molecule has 7 aliphatic rings. The summed E-state index contributed by atoms with van der Waals surface area (Å²) >= 11 is 0. The van der Waals surface area contributed by atoms with E-state index in [4.69, 9.17) is 0 Å². The zero-order valence-corrected chi connectivity index (χ0v) is 35.1. The highest BCUT2D eigenvalue weighted by Crippen LogP contribution is 2.76. The number of aliphatic carboxylic acids is 2. The van der Waals surface area contributed by atoms with Crippen LogP contribution in [0.5, 0.6) is 0 Å². The van der Waals surface area contributed by atoms with Crippen molar-refractivity contribution >= 4 is 17.7 Å². The van der Waals surface area contributed by atoms with E-state index in [9.17, 15) is 29.0 Å². The number of carboxylic acid groups (broad SMARTS) is 2. The molecule has 10 atom stereocenters. The third-order valence-corrected chi connectivity index (χ3v) is 19.0. The Hall–Kier alpha value is -2.32. The van der Waals surface area contributed by atoms with Crippen molar-refractivity contribution in [3.63, 3.8) is 0 Å². The van der Waals surface area contributed by atoms with Crippen LogP contribution in [0.1, 0.15) is 138 Å². The van der Waals surface area contributed by atoms with E-state index in [1.807, 2.05) is 0 Å². The maximum Gasteiger partial charge on any atom is 0.317 e. The zero-order valence-electron chi connectivity index (χ0n) is 35.1. The number of piperidine rings is 1. The van der Waals surface area contributed by atoms with Gasteiger partial charge in [-0.2, -0.15) is 0 Å². The van der Waals surface area contributed by atoms with E-state index in [2.05, 4.69) is 70.5 Å². The molecule has 55 heavy (non-hydrogen) atoms. The highest BCUT2D eigenvalue weighted by Gasteiger charge is 2.70. The van der Waals surface area contributed by atoms with Gasteiger partial charge in [0.25, 0.3) is 0 Å². The van der Waals surface area contributed by atoms with Crippen molar-refractivity contribution in [3.05, 3.63) is 35.5 Å². The molecule has 0 aromatic heterocycles. The van der Waals surface area contributed by atoms with E-state index in [-0.39, 0.29) is 39.4 Å². The lowest BCUT2D eigenvalue weighted by atomic mass is 9.33. The highest BCUT2D eigenvalue weighted by atomic mass is 19.1. The Bertz CT molecular complexity index is 1640. The number of allylic oxidation sites excluding steroid dienone is 5. The molecule has 0 amide bonds. The van der Waals surface area contributed by atoms with Crippen molar-refractivity contribution in [2.24, 2.45) is 62.1 Å². The molecule has 0 radical (unpaired) electrons. The number of ketones is 1. The Morgan fingerprint density at radius 2 is 1.55 bits per heavy atom. The quantitative estimate of drug-likeness (QED) is 0.150. The van der Waals surface area contributed by atoms with Crippen LogP contribution in [0.2, 0.25) is 0 Å². The van der Waals surface area contributed by atoms with Crippen LogP contribution in [0.3, 0.4) is 0 Å². The van der Waals surface area contributed by atoms with Crippen molar-refractivity contribution in [1.29, 1.82) is 0 Å². The van der Waals surface area contributed by atoms with Crippen LogP contribution in [-0.2, 0) is 14.4 Å². The molecule has 0 aromatic carbocycles. The summed E-state index contributed by atoms with van der Waals surface area (Å²) in [6.07, 6.45) is 17.5. The maximum atomic E-state index is 14.0. The summed E-state index contributed by atoms with van der Waals surface area (Å²) in [5.74, 6) is 0.672. The fourth-order valence-corrected chi connectivity index (χ4v) is 15.5. The van der Waals surface area contributed by atoms with Gasteiger partial charge in [-0.25, -0.2) is 4.39 Å². The van der Waals surface area contributed by atoms with Gasteiger partial charge < -0.3 is 20.4 Å². The van der Waals surface area contributed by atoms with Gasteiger partial charge in [-0.05, 0) is 179 Å². The molecular weight excluding hydrogens is 692 g/mol. The molecule has 1 aliphatic heterocycles. The maximum absolute atomic E-state index is 14.0. The van der Waals surface area contributed by atoms with Crippen LogP contribution in [0.4, 0.5) is 4.39 Å². The van der Waals surface area contributed by atoms with E-state index >= 15 is 0 Å². The predicted molar refractivity (Wildman–Crippen MR) is 215 cm³/mol. The predicted octanol–water partition coefficient (Wildman–Crippen LogP) is 9.43. The monoisotopic (exact) mass is 763 g/mol. The fourth-order valence-electron chi connectivity index (χ4n) is 15.5. The third-order valence-electron chi connectivity index (χ3n) is 19.0. The summed E-state index contributed by atoms with van der Waals surface area (Å²) in [5, 5.41) is 23.9. The van der Waals surface area contributed by atoms with Gasteiger partial charge in [0.1, 0.15) is 17.9 Å². The number of nitrogens with zero attached hydrogens (tertiary/aromatic N) is 1. The summed E-state index contributed by atoms with van der Waals surface area (Å²) in [6, 6.07) is 0. The molecule has 0 spiro atoms. The van der Waals surface area contributed by atoms with Crippen LogP contribution in [0.15, 0.2) is 35.5 Å². The number of hydrogen-bond acceptors (Lipinski definition) is 5. The van der Waals surface area contributed by atoms with Gasteiger partial charge in [0, 0.05) is 18.6 Å². The SMILES string of the molecule is C=C(C)[C@@H]1CC[C@]2(NCCN3CCC(C(C)=O)(C(=O)O)CC3)CC[C@]3(C)[C@H](CC[C@@H]4[C@@]5(C)CC=C(C6=CC[C@@](CF)(C(=O)O)CC6)C(C)(C)[C@@H]5CC[C@]43C)[C@@H]12. The molecule has 5 fully saturated rings. The zero-order chi connectivity index (χ0) is 40.0. The second-order valence-electron chi connectivity index (χ2n) is 21.2. The summed E-state index contributed by atoms with van der Waals surface area (Å²) in [5.41, 5.74) is 2.19. The molecule has 7 rings (SSSR count). The van der Waals surface area contributed by atoms with Crippen LogP contribution >= 0.6 is 0 Å². The lowest BCUT2D eigenvalue weighted by Gasteiger charge is -2.72. The van der Waals surface area contributed by atoms with E-state index in [0.717, 1.165) is 19.5 Å². The molecule has 7 nitrogen and oxygen atoms in total. The molecule has 6 aliphatic carbocycles. The van der Waals surface area contributed by atoms with Crippen LogP contribution in [0, 0.1) is 62.1 Å². The standard InChI is InChI=1S/C47H71FN2O5/c1-30(2)33-13-20-47(49-25-28-50-26-23-46(24-27-50,31(3)51)40(54)55)22-21-43(7)35(38(33)47)9-10-37-42(6)16-14-34(41(4,5)36(42)15-17-44(37,43)8)32-11-18-45(29-48,19-12-32)39(52)53/h11,14,33,35-38,49H,1,9-10,12-13,15-29H2,2-8H3,(H,52,53)(H,54,55)/t33-,35+,36-,37+,38+,42-,43+,44+,45+,47-/m0/s1. The van der Waals surface area contributed by atoms with Crippen molar-refractivity contribution < 1.29 is 29.0 Å². The molecule has 0 bridgehead atoms. The van der Waals surface area contributed by atoms with Gasteiger partial charge in [0.15, 0.2) is 0 Å². The number of hydrogen-bond donors (Lipinski definition) is 3. The van der Waals surface area contributed by atoms with E-state index in [0.29, 0.717) is 68.4 Å². The normalized spacial score (nSPS) is 43.5. The Morgan fingerprint density at radius 1 is 0.836 bits per heavy atom. The number of carbonyl (C=O) groups excluding carboxylic acids is 1. The number of rotatable bonds is 10. The number of carbonyl (C=O) groups is 3. The average molecular weight is 763 g/mol. The van der Waals surface area contributed by atoms with Crippen molar-refractivity contribution in [2.75, 3.05) is 32.9 Å². The minimum atomic E-state index is -1.27. The number of carboxylic acids is 2. The second-order valence-corrected chi connectivity index (χ2v) is 21.2. The molecule has 0 aromatic rings. The molecule has 4 saturated carbocycles. The van der Waals surface area contributed by atoms with Crippen molar-refractivity contribution in [1.82, 2.24) is 10.2 Å². The Balaban J connectivity index is 1.10. The number of Topliss-reactive ketones (excluding diaryl/α,β-unsaturated/α-hetero) is 1. The molecule has 1 saturated heterocycles. The fraction of sp³-hybridized carbons (Fsp3) is 0.809.